The van der Waals surface area contributed by atoms with Gasteiger partial charge in [-0.2, -0.15) is 0 Å². The average Bonchev–Trinajstić information content (AvgIpc) is 3.44. The molecule has 3 rings (SSSR count). The summed E-state index contributed by atoms with van der Waals surface area (Å²) < 4.78 is 5.98. The van der Waals surface area contributed by atoms with E-state index in [1.54, 1.807) is 31.5 Å². The quantitative estimate of drug-likeness (QED) is 0.196. The number of hydrogen-bond acceptors (Lipinski definition) is 9. The van der Waals surface area contributed by atoms with E-state index in [9.17, 15) is 24.6 Å². The Morgan fingerprint density at radius 2 is 1.74 bits per heavy atom. The monoisotopic (exact) mass is 665 g/mol. The molecule has 0 aromatic carbocycles. The van der Waals surface area contributed by atoms with Gasteiger partial charge in [-0.3, -0.25) is 14.4 Å². The molecule has 1 heterocycles. The fourth-order valence-corrected chi connectivity index (χ4v) is 7.61. The number of nitrogen functional groups attached to an aromatic ring is 1. The molecule has 0 aliphatic heterocycles. The number of anilines is 1. The second kappa shape index (κ2) is 18.3. The van der Waals surface area contributed by atoms with E-state index in [2.05, 4.69) is 10.3 Å². The highest BCUT2D eigenvalue weighted by atomic mass is 32.1. The Balaban J connectivity index is 1.87. The first-order valence-corrected chi connectivity index (χ1v) is 18.1. The standard InChI is InChI=1S/C34H59N5O6S/c1-23(2)16-28(40)31(43)27(17-24-12-8-6-9-13-24)37-32(44)25(18-26-21-46-33(35)36-26)19-29(41)39(20-30(42)38(3)4)22-34(45-5)14-10-7-11-15-34/h21,23-25,27-28,31,40,43H,6-20,22H2,1-5H3,(H2,35,36)(H,37,44)/t25-,27+,28+,31-/m1/s1. The van der Waals surface area contributed by atoms with Crippen LogP contribution >= 0.6 is 11.3 Å². The number of aliphatic hydroxyl groups is 2. The molecule has 1 aromatic heterocycles. The minimum atomic E-state index is -1.14. The number of aliphatic hydroxyl groups excluding tert-OH is 2. The van der Waals surface area contributed by atoms with E-state index in [0.29, 0.717) is 29.6 Å². The number of aromatic nitrogens is 1. The van der Waals surface area contributed by atoms with Crippen molar-refractivity contribution in [1.29, 1.82) is 0 Å². The van der Waals surface area contributed by atoms with Crippen molar-refractivity contribution in [3.63, 3.8) is 0 Å². The van der Waals surface area contributed by atoms with Gasteiger partial charge in [-0.05, 0) is 37.5 Å². The number of hydrogen-bond donors (Lipinski definition) is 4. The summed E-state index contributed by atoms with van der Waals surface area (Å²) in [7, 11) is 4.98. The minimum absolute atomic E-state index is 0.112. The molecule has 12 heteroatoms. The normalized spacial score (nSPS) is 19.7. The van der Waals surface area contributed by atoms with Crippen LogP contribution < -0.4 is 11.1 Å². The molecule has 0 saturated heterocycles. The number of nitrogens with two attached hydrogens (primary N) is 1. The minimum Gasteiger partial charge on any atom is -0.390 e. The summed E-state index contributed by atoms with van der Waals surface area (Å²) in [4.78, 5) is 48.5. The van der Waals surface area contributed by atoms with Crippen molar-refractivity contribution in [3.8, 4) is 0 Å². The number of ether oxygens (including phenoxy) is 1. The number of amides is 3. The number of nitrogens with zero attached hydrogens (tertiary/aromatic N) is 3. The first kappa shape index (κ1) is 38.2. The molecule has 2 aliphatic rings. The van der Waals surface area contributed by atoms with Gasteiger partial charge in [0.05, 0.1) is 42.4 Å². The van der Waals surface area contributed by atoms with Crippen LogP contribution in [-0.4, -0.2) is 101 Å². The third-order valence-electron chi connectivity index (χ3n) is 9.83. The predicted molar refractivity (Wildman–Crippen MR) is 181 cm³/mol. The summed E-state index contributed by atoms with van der Waals surface area (Å²) in [6, 6.07) is -0.659. The number of carbonyl (C=O) groups is 3. The summed E-state index contributed by atoms with van der Waals surface area (Å²) in [5.74, 6) is -1.21. The van der Waals surface area contributed by atoms with Crippen molar-refractivity contribution < 1.29 is 29.3 Å². The Morgan fingerprint density at radius 1 is 1.09 bits per heavy atom. The molecule has 0 bridgehead atoms. The van der Waals surface area contributed by atoms with Gasteiger partial charge in [0.1, 0.15) is 6.10 Å². The molecule has 2 fully saturated rings. The zero-order valence-electron chi connectivity index (χ0n) is 28.7. The third kappa shape index (κ3) is 11.8. The van der Waals surface area contributed by atoms with Crippen molar-refractivity contribution >= 4 is 34.2 Å². The summed E-state index contributed by atoms with van der Waals surface area (Å²) in [6.07, 6.45) is 9.01. The number of rotatable bonds is 17. The predicted octanol–water partition coefficient (Wildman–Crippen LogP) is 3.76. The summed E-state index contributed by atoms with van der Waals surface area (Å²) >= 11 is 1.27. The molecule has 2 aliphatic carbocycles. The maximum Gasteiger partial charge on any atom is 0.241 e. The molecule has 0 radical (unpaired) electrons. The smallest absolute Gasteiger partial charge is 0.241 e. The third-order valence-corrected chi connectivity index (χ3v) is 10.6. The number of nitrogens with one attached hydrogen (secondary N) is 1. The lowest BCUT2D eigenvalue weighted by Gasteiger charge is -2.40. The molecule has 1 aromatic rings. The Kier molecular flexibility index (Phi) is 15.2. The van der Waals surface area contributed by atoms with Crippen molar-refractivity contribution in [2.24, 2.45) is 17.8 Å². The van der Waals surface area contributed by atoms with Crippen LogP contribution in [0.3, 0.4) is 0 Å². The van der Waals surface area contributed by atoms with Crippen LogP contribution in [0.5, 0.6) is 0 Å². The lowest BCUT2D eigenvalue weighted by atomic mass is 9.82. The van der Waals surface area contributed by atoms with Crippen LogP contribution in [0.15, 0.2) is 5.38 Å². The number of thiazole rings is 1. The van der Waals surface area contributed by atoms with Crippen LogP contribution in [0.4, 0.5) is 5.13 Å². The van der Waals surface area contributed by atoms with E-state index in [0.717, 1.165) is 57.8 Å². The molecule has 0 spiro atoms. The van der Waals surface area contributed by atoms with Crippen molar-refractivity contribution in [2.75, 3.05) is 40.0 Å². The van der Waals surface area contributed by atoms with Gasteiger partial charge in [-0.15, -0.1) is 11.3 Å². The fourth-order valence-electron chi connectivity index (χ4n) is 7.03. The summed E-state index contributed by atoms with van der Waals surface area (Å²) in [6.45, 7) is 4.13. The van der Waals surface area contributed by atoms with Gasteiger partial charge in [0.25, 0.3) is 0 Å². The van der Waals surface area contributed by atoms with Gasteiger partial charge >= 0.3 is 0 Å². The maximum atomic E-state index is 14.1. The first-order chi connectivity index (χ1) is 21.8. The second-order valence-corrected chi connectivity index (χ2v) is 15.2. The highest BCUT2D eigenvalue weighted by Gasteiger charge is 2.38. The second-order valence-electron chi connectivity index (χ2n) is 14.3. The molecule has 4 atom stereocenters. The van der Waals surface area contributed by atoms with Crippen molar-refractivity contribution in [2.45, 2.75) is 128 Å². The molecule has 3 amide bonds. The molecular weight excluding hydrogens is 606 g/mol. The zero-order valence-corrected chi connectivity index (χ0v) is 29.5. The van der Waals surface area contributed by atoms with Gasteiger partial charge in [-0.1, -0.05) is 65.2 Å². The van der Waals surface area contributed by atoms with Crippen LogP contribution in [0.25, 0.3) is 0 Å². The van der Waals surface area contributed by atoms with Gasteiger partial charge in [0, 0.05) is 39.4 Å². The summed E-state index contributed by atoms with van der Waals surface area (Å²) in [5.41, 5.74) is 5.98. The van der Waals surface area contributed by atoms with Crippen LogP contribution in [-0.2, 0) is 25.5 Å². The van der Waals surface area contributed by atoms with E-state index in [1.807, 2.05) is 13.8 Å². The highest BCUT2D eigenvalue weighted by molar-refractivity contribution is 7.13. The maximum absolute atomic E-state index is 14.1. The molecule has 11 nitrogen and oxygen atoms in total. The lowest BCUT2D eigenvalue weighted by Crippen LogP contribution is -2.53. The molecule has 0 unspecified atom stereocenters. The van der Waals surface area contributed by atoms with Crippen molar-refractivity contribution in [3.05, 3.63) is 11.1 Å². The van der Waals surface area contributed by atoms with Crippen molar-refractivity contribution in [1.82, 2.24) is 20.1 Å². The molecule has 5 N–H and O–H groups in total. The van der Waals surface area contributed by atoms with Gasteiger partial charge < -0.3 is 35.8 Å². The Morgan fingerprint density at radius 3 is 2.30 bits per heavy atom. The Hall–Kier alpha value is -2.28. The van der Waals surface area contributed by atoms with Crippen LogP contribution in [0, 0.1) is 17.8 Å². The number of likely N-dealkylation sites (N-methyl/N-ethyl adjacent to an activating group) is 1. The van der Waals surface area contributed by atoms with Crippen LogP contribution in [0.2, 0.25) is 0 Å². The Bertz CT molecular complexity index is 1100. The lowest BCUT2D eigenvalue weighted by molar-refractivity contribution is -0.146. The number of methoxy groups -OCH3 is 1. The first-order valence-electron chi connectivity index (χ1n) is 17.2. The molecule has 262 valence electrons. The topological polar surface area (TPSA) is 158 Å². The average molecular weight is 666 g/mol. The molecular formula is C34H59N5O6S. The fraction of sp³-hybridized carbons (Fsp3) is 0.824. The van der Waals surface area contributed by atoms with Gasteiger partial charge in [0.2, 0.25) is 17.7 Å². The van der Waals surface area contributed by atoms with E-state index >= 15 is 0 Å². The Labute approximate surface area is 279 Å². The van der Waals surface area contributed by atoms with E-state index < -0.39 is 29.8 Å². The van der Waals surface area contributed by atoms with E-state index in [4.69, 9.17) is 10.5 Å². The van der Waals surface area contributed by atoms with E-state index in [-0.39, 0.29) is 49.6 Å². The van der Waals surface area contributed by atoms with Gasteiger partial charge in [0.15, 0.2) is 5.13 Å². The summed E-state index contributed by atoms with van der Waals surface area (Å²) in [5, 5.41) is 27.4. The largest absolute Gasteiger partial charge is 0.390 e. The van der Waals surface area contributed by atoms with Crippen LogP contribution in [0.1, 0.15) is 103 Å². The zero-order chi connectivity index (χ0) is 33.9. The molecule has 2 saturated carbocycles. The molecule has 46 heavy (non-hydrogen) atoms. The SMILES string of the molecule is COC1(CN(CC(=O)N(C)C)C(=O)C[C@@H](Cc2csc(N)n2)C(=O)N[C@@H](CC2CCCCC2)[C@@H](O)[C@@H](O)CC(C)C)CCCCC1. The van der Waals surface area contributed by atoms with Gasteiger partial charge in [-0.25, -0.2) is 4.98 Å². The highest BCUT2D eigenvalue weighted by Crippen LogP contribution is 2.33. The van der Waals surface area contributed by atoms with E-state index in [1.165, 1.54) is 22.7 Å². The number of carbonyl (C=O) groups excluding carboxylic acids is 3.